The molecule has 0 N–H and O–H groups in total. The van der Waals surface area contributed by atoms with Crippen molar-refractivity contribution in [1.82, 2.24) is 15.1 Å². The maximum atomic E-state index is 12.3. The number of nitrogens with zero attached hydrogens (tertiary/aromatic N) is 3. The Labute approximate surface area is 119 Å². The molecule has 4 nitrogen and oxygen atoms in total. The third kappa shape index (κ3) is 5.13. The van der Waals surface area contributed by atoms with E-state index in [1.807, 2.05) is 0 Å². The zero-order chi connectivity index (χ0) is 14.6. The molecule has 112 valence electrons. The van der Waals surface area contributed by atoms with E-state index in [0.29, 0.717) is 43.4 Å². The van der Waals surface area contributed by atoms with Crippen LogP contribution in [0.25, 0.3) is 0 Å². The zero-order valence-electron chi connectivity index (χ0n) is 10.7. The van der Waals surface area contributed by atoms with E-state index in [1.54, 1.807) is 6.07 Å². The molecule has 1 aliphatic heterocycles. The molecule has 1 aliphatic rings. The number of rotatable bonds is 4. The second-order valence-corrected chi connectivity index (χ2v) is 5.29. The summed E-state index contributed by atoms with van der Waals surface area (Å²) in [5, 5.41) is 7.87. The van der Waals surface area contributed by atoms with Gasteiger partial charge in [0.2, 0.25) is 5.88 Å². The molecule has 1 aromatic heterocycles. The number of ether oxygens (including phenoxy) is 1. The van der Waals surface area contributed by atoms with E-state index in [9.17, 15) is 13.2 Å². The molecule has 0 amide bonds. The van der Waals surface area contributed by atoms with Gasteiger partial charge in [-0.25, -0.2) is 0 Å². The Hall–Kier alpha value is -1.08. The number of alkyl halides is 3. The van der Waals surface area contributed by atoms with Gasteiger partial charge in [-0.3, -0.25) is 4.90 Å². The maximum absolute atomic E-state index is 12.3. The molecular weight excluding hydrogens is 295 g/mol. The first kappa shape index (κ1) is 15.3. The smallest absolute Gasteiger partial charge is 0.401 e. The number of aromatic nitrogens is 2. The van der Waals surface area contributed by atoms with Crippen LogP contribution in [-0.2, 0) is 0 Å². The summed E-state index contributed by atoms with van der Waals surface area (Å²) in [5.41, 5.74) is 0. The first-order valence-electron chi connectivity index (χ1n) is 6.32. The van der Waals surface area contributed by atoms with Crippen LogP contribution in [0.5, 0.6) is 5.88 Å². The molecule has 20 heavy (non-hydrogen) atoms. The molecule has 0 radical (unpaired) electrons. The molecule has 1 saturated heterocycles. The lowest BCUT2D eigenvalue weighted by Crippen LogP contribution is -2.41. The lowest BCUT2D eigenvalue weighted by Gasteiger charge is -2.32. The van der Waals surface area contributed by atoms with E-state index in [-0.39, 0.29) is 5.92 Å². The van der Waals surface area contributed by atoms with Crippen LogP contribution >= 0.6 is 11.6 Å². The number of halogens is 4. The van der Waals surface area contributed by atoms with Crippen LogP contribution in [0.4, 0.5) is 13.2 Å². The second-order valence-electron chi connectivity index (χ2n) is 4.86. The molecule has 0 spiro atoms. The number of likely N-dealkylation sites (tertiary alicyclic amines) is 1. The van der Waals surface area contributed by atoms with Gasteiger partial charge >= 0.3 is 6.18 Å². The summed E-state index contributed by atoms with van der Waals surface area (Å²) in [6.45, 7) is 0.471. The summed E-state index contributed by atoms with van der Waals surface area (Å²) < 4.78 is 42.2. The van der Waals surface area contributed by atoms with Crippen molar-refractivity contribution in [3.05, 3.63) is 17.3 Å². The number of hydrogen-bond acceptors (Lipinski definition) is 4. The van der Waals surface area contributed by atoms with Crippen molar-refractivity contribution < 1.29 is 17.9 Å². The van der Waals surface area contributed by atoms with E-state index >= 15 is 0 Å². The zero-order valence-corrected chi connectivity index (χ0v) is 11.5. The molecular formula is C12H15ClF3N3O. The Morgan fingerprint density at radius 2 is 2.05 bits per heavy atom. The summed E-state index contributed by atoms with van der Waals surface area (Å²) >= 11 is 5.75. The number of hydrogen-bond donors (Lipinski definition) is 0. The van der Waals surface area contributed by atoms with Crippen LogP contribution in [0.15, 0.2) is 12.3 Å². The SMILES string of the molecule is FC(F)(F)CN1CCC(COc2cc(Cl)cnn2)CC1. The van der Waals surface area contributed by atoms with Gasteiger partial charge < -0.3 is 4.74 Å². The van der Waals surface area contributed by atoms with Gasteiger partial charge in [0.05, 0.1) is 24.4 Å². The maximum Gasteiger partial charge on any atom is 0.401 e. The molecule has 0 atom stereocenters. The highest BCUT2D eigenvalue weighted by Crippen LogP contribution is 2.23. The Balaban J connectivity index is 1.72. The lowest BCUT2D eigenvalue weighted by molar-refractivity contribution is -0.148. The van der Waals surface area contributed by atoms with Gasteiger partial charge in [-0.15, -0.1) is 5.10 Å². The van der Waals surface area contributed by atoms with Crippen molar-refractivity contribution in [2.75, 3.05) is 26.2 Å². The summed E-state index contributed by atoms with van der Waals surface area (Å²) in [6.07, 6.45) is -1.35. The topological polar surface area (TPSA) is 38.2 Å². The van der Waals surface area contributed by atoms with Gasteiger partial charge in [-0.1, -0.05) is 11.6 Å². The Morgan fingerprint density at radius 3 is 2.65 bits per heavy atom. The monoisotopic (exact) mass is 309 g/mol. The third-order valence-electron chi connectivity index (χ3n) is 3.18. The average Bonchev–Trinajstić information content (AvgIpc) is 2.36. The fourth-order valence-corrected chi connectivity index (χ4v) is 2.30. The highest BCUT2D eigenvalue weighted by atomic mass is 35.5. The van der Waals surface area contributed by atoms with Crippen molar-refractivity contribution in [2.24, 2.45) is 5.92 Å². The van der Waals surface area contributed by atoms with E-state index in [2.05, 4.69) is 10.2 Å². The van der Waals surface area contributed by atoms with Crippen LogP contribution in [0.3, 0.4) is 0 Å². The largest absolute Gasteiger partial charge is 0.476 e. The minimum atomic E-state index is -4.13. The predicted molar refractivity (Wildman–Crippen MR) is 67.8 cm³/mol. The highest BCUT2D eigenvalue weighted by Gasteiger charge is 2.32. The highest BCUT2D eigenvalue weighted by molar-refractivity contribution is 6.30. The molecule has 2 heterocycles. The van der Waals surface area contributed by atoms with Gasteiger partial charge in [0.15, 0.2) is 0 Å². The van der Waals surface area contributed by atoms with E-state index < -0.39 is 12.7 Å². The summed E-state index contributed by atoms with van der Waals surface area (Å²) in [7, 11) is 0. The van der Waals surface area contributed by atoms with Crippen LogP contribution in [0.2, 0.25) is 5.02 Å². The molecule has 0 saturated carbocycles. The van der Waals surface area contributed by atoms with Gasteiger partial charge in [0.25, 0.3) is 0 Å². The molecule has 0 aromatic carbocycles. The predicted octanol–water partition coefficient (Wildman–Crippen LogP) is 2.78. The van der Waals surface area contributed by atoms with Crippen molar-refractivity contribution >= 4 is 11.6 Å². The minimum absolute atomic E-state index is 0.236. The van der Waals surface area contributed by atoms with Crippen LogP contribution < -0.4 is 4.74 Å². The number of piperidine rings is 1. The van der Waals surface area contributed by atoms with Gasteiger partial charge in [0.1, 0.15) is 0 Å². The summed E-state index contributed by atoms with van der Waals surface area (Å²) in [6, 6.07) is 1.56. The molecule has 2 rings (SSSR count). The summed E-state index contributed by atoms with van der Waals surface area (Å²) in [5.74, 6) is 0.579. The van der Waals surface area contributed by atoms with Crippen molar-refractivity contribution in [3.8, 4) is 5.88 Å². The Kier molecular flexibility index (Phi) is 5.04. The van der Waals surface area contributed by atoms with Crippen LogP contribution in [0, 0.1) is 5.92 Å². The normalized spacial score (nSPS) is 18.2. The summed E-state index contributed by atoms with van der Waals surface area (Å²) in [4.78, 5) is 1.43. The molecule has 0 unspecified atom stereocenters. The molecule has 0 bridgehead atoms. The van der Waals surface area contributed by atoms with Gasteiger partial charge in [-0.05, 0) is 31.8 Å². The fourth-order valence-electron chi connectivity index (χ4n) is 2.16. The fraction of sp³-hybridized carbons (Fsp3) is 0.667. The molecule has 1 fully saturated rings. The third-order valence-corrected chi connectivity index (χ3v) is 3.38. The molecule has 0 aliphatic carbocycles. The Bertz CT molecular complexity index is 436. The first-order valence-corrected chi connectivity index (χ1v) is 6.70. The Morgan fingerprint density at radius 1 is 1.35 bits per heavy atom. The average molecular weight is 310 g/mol. The van der Waals surface area contributed by atoms with E-state index in [1.165, 1.54) is 11.1 Å². The quantitative estimate of drug-likeness (QED) is 0.857. The van der Waals surface area contributed by atoms with E-state index in [4.69, 9.17) is 16.3 Å². The minimum Gasteiger partial charge on any atom is -0.476 e. The van der Waals surface area contributed by atoms with E-state index in [0.717, 1.165) is 0 Å². The van der Waals surface area contributed by atoms with Crippen molar-refractivity contribution in [1.29, 1.82) is 0 Å². The lowest BCUT2D eigenvalue weighted by atomic mass is 9.98. The van der Waals surface area contributed by atoms with Crippen LogP contribution in [-0.4, -0.2) is 47.5 Å². The van der Waals surface area contributed by atoms with Crippen LogP contribution in [0.1, 0.15) is 12.8 Å². The second kappa shape index (κ2) is 6.58. The van der Waals surface area contributed by atoms with Crippen molar-refractivity contribution in [2.45, 2.75) is 19.0 Å². The van der Waals surface area contributed by atoms with Crippen molar-refractivity contribution in [3.63, 3.8) is 0 Å². The standard InChI is InChI=1S/C12H15ClF3N3O/c13-10-5-11(18-17-6-10)20-7-9-1-3-19(4-2-9)8-12(14,15)16/h5-6,9H,1-4,7-8H2. The van der Waals surface area contributed by atoms with Gasteiger partial charge in [-0.2, -0.15) is 18.3 Å². The molecule has 8 heteroatoms. The van der Waals surface area contributed by atoms with Gasteiger partial charge in [0, 0.05) is 6.07 Å². The molecule has 1 aromatic rings. The first-order chi connectivity index (χ1) is 9.42.